The number of quaternary nitrogens is 1. The molecule has 0 bridgehead atoms. The molecule has 0 aromatic heterocycles. The predicted molar refractivity (Wildman–Crippen MR) is 88.8 cm³/mol. The fourth-order valence-electron chi connectivity index (χ4n) is 2.50. The Balaban J connectivity index is 2.09. The average molecular weight is 347 g/mol. The van der Waals surface area contributed by atoms with Gasteiger partial charge in [-0.05, 0) is 31.7 Å². The van der Waals surface area contributed by atoms with Gasteiger partial charge in [-0.25, -0.2) is 0 Å². The van der Waals surface area contributed by atoms with Crippen molar-refractivity contribution in [3.05, 3.63) is 27.7 Å². The molecular formula is C15H22Cl2N3O2+. The van der Waals surface area contributed by atoms with E-state index in [-0.39, 0.29) is 12.5 Å². The summed E-state index contributed by atoms with van der Waals surface area (Å²) in [4.78, 5) is 14.6. The summed E-state index contributed by atoms with van der Waals surface area (Å²) in [6.45, 7) is 5.67. The van der Waals surface area contributed by atoms with Crippen molar-refractivity contribution < 1.29 is 14.5 Å². The lowest BCUT2D eigenvalue weighted by Crippen LogP contribution is -2.59. The Morgan fingerprint density at radius 2 is 1.82 bits per heavy atom. The van der Waals surface area contributed by atoms with Crippen LogP contribution in [0.15, 0.2) is 12.1 Å². The van der Waals surface area contributed by atoms with E-state index in [1.807, 2.05) is 7.05 Å². The highest BCUT2D eigenvalue weighted by Crippen LogP contribution is 2.29. The lowest BCUT2D eigenvalue weighted by atomic mass is 10.2. The van der Waals surface area contributed by atoms with Crippen LogP contribution in [0.4, 0.5) is 5.69 Å². The minimum absolute atomic E-state index is 0.244. The fourth-order valence-corrected chi connectivity index (χ4v) is 2.97. The largest absolute Gasteiger partial charge is 0.316 e. The molecular weight excluding hydrogens is 325 g/mol. The molecule has 2 rings (SSSR count). The number of likely N-dealkylation sites (N-methyl/N-ethyl adjacent to an activating group) is 2. The van der Waals surface area contributed by atoms with Crippen LogP contribution in [-0.2, 0) is 4.79 Å². The van der Waals surface area contributed by atoms with Crippen LogP contribution in [0.25, 0.3) is 0 Å². The lowest BCUT2D eigenvalue weighted by molar-refractivity contribution is -0.906. The van der Waals surface area contributed by atoms with Crippen LogP contribution >= 0.6 is 23.2 Å². The summed E-state index contributed by atoms with van der Waals surface area (Å²) >= 11 is 12.1. The third-order valence-corrected chi connectivity index (χ3v) is 5.09. The molecule has 5 nitrogen and oxygen atoms in total. The molecule has 1 aromatic carbocycles. The molecule has 1 aliphatic rings. The first-order valence-electron chi connectivity index (χ1n) is 7.21. The molecule has 122 valence electrons. The van der Waals surface area contributed by atoms with Gasteiger partial charge in [-0.3, -0.25) is 14.9 Å². The number of benzene rings is 1. The zero-order valence-electron chi connectivity index (χ0n) is 13.1. The van der Waals surface area contributed by atoms with Crippen molar-refractivity contribution >= 4 is 34.8 Å². The van der Waals surface area contributed by atoms with Gasteiger partial charge in [0.1, 0.15) is 0 Å². The number of carbonyl (C=O) groups excluding carboxylic acids is 1. The van der Waals surface area contributed by atoms with Gasteiger partial charge >= 0.3 is 5.91 Å². The molecule has 1 aromatic rings. The summed E-state index contributed by atoms with van der Waals surface area (Å²) in [6.07, 6.45) is 0. The molecule has 1 amide bonds. The quantitative estimate of drug-likeness (QED) is 0.519. The molecule has 1 heterocycles. The number of halogens is 2. The van der Waals surface area contributed by atoms with Crippen molar-refractivity contribution in [2.75, 3.05) is 51.9 Å². The first kappa shape index (κ1) is 17.5. The molecule has 0 saturated carbocycles. The third kappa shape index (κ3) is 3.91. The second-order valence-electron chi connectivity index (χ2n) is 6.27. The van der Waals surface area contributed by atoms with Gasteiger partial charge < -0.3 is 4.48 Å². The number of carbonyl (C=O) groups is 1. The summed E-state index contributed by atoms with van der Waals surface area (Å²) in [7, 11) is 4.10. The van der Waals surface area contributed by atoms with Gasteiger partial charge in [-0.15, -0.1) is 0 Å². The molecule has 0 atom stereocenters. The molecule has 1 saturated heterocycles. The maximum atomic E-state index is 12.4. The van der Waals surface area contributed by atoms with Crippen molar-refractivity contribution in [1.29, 1.82) is 0 Å². The van der Waals surface area contributed by atoms with Crippen LogP contribution in [-0.4, -0.2) is 67.3 Å². The van der Waals surface area contributed by atoms with Crippen LogP contribution in [0.2, 0.25) is 10.0 Å². The Morgan fingerprint density at radius 3 is 2.32 bits per heavy atom. The van der Waals surface area contributed by atoms with E-state index in [9.17, 15) is 10.0 Å². The van der Waals surface area contributed by atoms with Gasteiger partial charge in [0.15, 0.2) is 6.54 Å². The van der Waals surface area contributed by atoms with Gasteiger partial charge in [0, 0.05) is 23.1 Å². The van der Waals surface area contributed by atoms with Gasteiger partial charge in [-0.1, -0.05) is 23.2 Å². The smallest absolute Gasteiger partial charge is 0.305 e. The van der Waals surface area contributed by atoms with Crippen molar-refractivity contribution in [1.82, 2.24) is 4.90 Å². The van der Waals surface area contributed by atoms with Crippen molar-refractivity contribution in [2.45, 2.75) is 6.92 Å². The molecule has 7 heteroatoms. The second-order valence-corrected chi connectivity index (χ2v) is 7.08. The molecule has 0 aliphatic carbocycles. The lowest BCUT2D eigenvalue weighted by Gasteiger charge is -2.40. The number of amides is 1. The average Bonchev–Trinajstić information content (AvgIpc) is 2.46. The zero-order valence-corrected chi connectivity index (χ0v) is 14.7. The number of piperazine rings is 1. The van der Waals surface area contributed by atoms with E-state index in [1.165, 1.54) is 0 Å². The molecule has 0 unspecified atom stereocenters. The number of nitrogens with zero attached hydrogens (tertiary/aromatic N) is 3. The fraction of sp³-hybridized carbons (Fsp3) is 0.533. The highest BCUT2D eigenvalue weighted by atomic mass is 35.5. The van der Waals surface area contributed by atoms with Crippen LogP contribution in [0.5, 0.6) is 0 Å². The predicted octanol–water partition coefficient (Wildman–Crippen LogP) is 2.42. The minimum atomic E-state index is -0.358. The van der Waals surface area contributed by atoms with Gasteiger partial charge in [0.05, 0.1) is 25.8 Å². The SMILES string of the molecule is Cc1c(Cl)cc(N(O)C(=O)C[N+]2(C)CCN(C)CC2)cc1Cl. The van der Waals surface area contributed by atoms with Crippen molar-refractivity contribution in [3.63, 3.8) is 0 Å². The zero-order chi connectivity index (χ0) is 16.5. The number of hydrogen-bond acceptors (Lipinski definition) is 3. The van der Waals surface area contributed by atoms with E-state index in [0.717, 1.165) is 31.7 Å². The van der Waals surface area contributed by atoms with Crippen LogP contribution in [0, 0.1) is 6.92 Å². The molecule has 0 spiro atoms. The number of rotatable bonds is 3. The highest BCUT2D eigenvalue weighted by molar-refractivity contribution is 6.36. The monoisotopic (exact) mass is 346 g/mol. The molecule has 22 heavy (non-hydrogen) atoms. The summed E-state index contributed by atoms with van der Waals surface area (Å²) in [5.74, 6) is -0.358. The molecule has 1 N–H and O–H groups in total. The Labute approximate surface area is 141 Å². The summed E-state index contributed by atoms with van der Waals surface area (Å²) in [6, 6.07) is 3.09. The van der Waals surface area contributed by atoms with Gasteiger partial charge in [0.25, 0.3) is 0 Å². The third-order valence-electron chi connectivity index (χ3n) is 4.31. The number of hydrogen-bond donors (Lipinski definition) is 1. The normalized spacial score (nSPS) is 18.3. The summed E-state index contributed by atoms with van der Waals surface area (Å²) in [5, 5.41) is 11.7. The summed E-state index contributed by atoms with van der Waals surface area (Å²) < 4.78 is 0.619. The van der Waals surface area contributed by atoms with E-state index in [1.54, 1.807) is 19.1 Å². The second kappa shape index (κ2) is 6.72. The molecule has 0 radical (unpaired) electrons. The van der Waals surface area contributed by atoms with Crippen LogP contribution < -0.4 is 5.06 Å². The van der Waals surface area contributed by atoms with E-state index < -0.39 is 0 Å². The van der Waals surface area contributed by atoms with E-state index >= 15 is 0 Å². The van der Waals surface area contributed by atoms with Crippen molar-refractivity contribution in [2.24, 2.45) is 0 Å². The maximum Gasteiger partial charge on any atom is 0.305 e. The standard InChI is InChI=1S/C15H22Cl2N3O2/c1-11-13(16)8-12(9-14(11)17)19(22)15(21)10-20(3)6-4-18(2)5-7-20/h8-9,22H,4-7,10H2,1-3H3/q+1. The molecule has 1 aliphatic heterocycles. The van der Waals surface area contributed by atoms with Crippen molar-refractivity contribution in [3.8, 4) is 0 Å². The van der Waals surface area contributed by atoms with Crippen LogP contribution in [0.3, 0.4) is 0 Å². The summed E-state index contributed by atoms with van der Waals surface area (Å²) in [5.41, 5.74) is 1.03. The highest BCUT2D eigenvalue weighted by Gasteiger charge is 2.32. The molecule has 1 fully saturated rings. The minimum Gasteiger partial charge on any atom is -0.316 e. The maximum absolute atomic E-state index is 12.4. The van der Waals surface area contributed by atoms with Gasteiger partial charge in [0.2, 0.25) is 0 Å². The Hall–Kier alpha value is -0.850. The first-order chi connectivity index (χ1) is 10.2. The Morgan fingerprint density at radius 1 is 1.32 bits per heavy atom. The first-order valence-corrected chi connectivity index (χ1v) is 7.97. The van der Waals surface area contributed by atoms with E-state index in [0.29, 0.717) is 25.3 Å². The topological polar surface area (TPSA) is 43.8 Å². The number of hydroxylamine groups is 1. The Kier molecular flexibility index (Phi) is 5.35. The Bertz CT molecular complexity index is 549. The van der Waals surface area contributed by atoms with Gasteiger partial charge in [-0.2, -0.15) is 5.06 Å². The van der Waals surface area contributed by atoms with Crippen LogP contribution in [0.1, 0.15) is 5.56 Å². The van der Waals surface area contributed by atoms with E-state index in [4.69, 9.17) is 23.2 Å². The van der Waals surface area contributed by atoms with E-state index in [2.05, 4.69) is 11.9 Å². The number of anilines is 1.